The summed E-state index contributed by atoms with van der Waals surface area (Å²) in [7, 11) is 3.46. The molecule has 1 aromatic heterocycles. The van der Waals surface area contributed by atoms with Crippen LogP contribution in [0.1, 0.15) is 12.3 Å². The minimum atomic E-state index is -0.0500. The van der Waals surface area contributed by atoms with E-state index in [0.29, 0.717) is 36.4 Å². The second kappa shape index (κ2) is 9.36. The third-order valence-electron chi connectivity index (χ3n) is 3.24. The van der Waals surface area contributed by atoms with Crippen molar-refractivity contribution >= 4 is 17.5 Å². The quantitative estimate of drug-likeness (QED) is 0.695. The molecule has 130 valence electrons. The van der Waals surface area contributed by atoms with Gasteiger partial charge in [0, 0.05) is 30.8 Å². The molecule has 0 unspecified atom stereocenters. The minimum Gasteiger partial charge on any atom is -0.385 e. The van der Waals surface area contributed by atoms with Crippen molar-refractivity contribution in [1.82, 2.24) is 20.4 Å². The van der Waals surface area contributed by atoms with Gasteiger partial charge in [0.25, 0.3) is 0 Å². The Kier molecular flexibility index (Phi) is 7.17. The normalized spacial score (nSPS) is 11.0. The zero-order chi connectivity index (χ0) is 17.4. The average molecular weight is 353 g/mol. The number of nitrogens with zero attached hydrogens (tertiary/aromatic N) is 3. The van der Waals surface area contributed by atoms with Gasteiger partial charge in [-0.3, -0.25) is 9.69 Å². The number of rotatable bonds is 9. The summed E-state index contributed by atoms with van der Waals surface area (Å²) in [6.45, 7) is 1.88. The van der Waals surface area contributed by atoms with Crippen LogP contribution < -0.4 is 5.32 Å². The Morgan fingerprint density at radius 1 is 1.38 bits per heavy atom. The molecular formula is C16H21ClN4O3. The molecule has 1 aromatic carbocycles. The Bertz CT molecular complexity index is 645. The molecule has 0 aliphatic rings. The summed E-state index contributed by atoms with van der Waals surface area (Å²) >= 11 is 5.86. The van der Waals surface area contributed by atoms with Crippen LogP contribution in [0.15, 0.2) is 28.8 Å². The van der Waals surface area contributed by atoms with E-state index in [-0.39, 0.29) is 12.5 Å². The summed E-state index contributed by atoms with van der Waals surface area (Å²) in [6, 6.07) is 7.20. The highest BCUT2D eigenvalue weighted by Crippen LogP contribution is 2.18. The predicted molar refractivity (Wildman–Crippen MR) is 90.6 cm³/mol. The number of hydrogen-bond acceptors (Lipinski definition) is 6. The summed E-state index contributed by atoms with van der Waals surface area (Å²) < 4.78 is 10.2. The molecule has 1 amide bonds. The van der Waals surface area contributed by atoms with E-state index in [0.717, 1.165) is 12.0 Å². The number of aromatic nitrogens is 2. The number of halogens is 1. The number of benzene rings is 1. The first kappa shape index (κ1) is 18.4. The van der Waals surface area contributed by atoms with Crippen LogP contribution in [0.3, 0.4) is 0 Å². The molecule has 0 atom stereocenters. The molecule has 0 aliphatic heterocycles. The van der Waals surface area contributed by atoms with Crippen molar-refractivity contribution in [2.75, 3.05) is 33.9 Å². The van der Waals surface area contributed by atoms with Gasteiger partial charge in [-0.05, 0) is 37.7 Å². The van der Waals surface area contributed by atoms with E-state index in [2.05, 4.69) is 15.5 Å². The number of nitrogens with one attached hydrogen (secondary N) is 1. The second-order valence-corrected chi connectivity index (χ2v) is 5.82. The molecule has 0 bridgehead atoms. The number of ether oxygens (including phenoxy) is 1. The standard InChI is InChI=1S/C16H21ClN4O3/c1-21(10-14(22)18-8-3-9-23-2)11-15-19-16(20-24-15)12-4-6-13(17)7-5-12/h4-7H,3,8-11H2,1-2H3,(H,18,22). The largest absolute Gasteiger partial charge is 0.385 e. The van der Waals surface area contributed by atoms with Crippen LogP contribution in [0.4, 0.5) is 0 Å². The Morgan fingerprint density at radius 3 is 2.83 bits per heavy atom. The van der Waals surface area contributed by atoms with Crippen LogP contribution in [0.25, 0.3) is 11.4 Å². The number of carbonyl (C=O) groups is 1. The third kappa shape index (κ3) is 5.92. The van der Waals surface area contributed by atoms with Crippen molar-refractivity contribution in [1.29, 1.82) is 0 Å². The van der Waals surface area contributed by atoms with Gasteiger partial charge in [0.1, 0.15) is 0 Å². The SMILES string of the molecule is COCCCNC(=O)CN(C)Cc1nc(-c2ccc(Cl)cc2)no1. The zero-order valence-electron chi connectivity index (χ0n) is 13.8. The van der Waals surface area contributed by atoms with E-state index in [1.807, 2.05) is 24.1 Å². The van der Waals surface area contributed by atoms with Gasteiger partial charge in [0.2, 0.25) is 17.6 Å². The number of likely N-dealkylation sites (N-methyl/N-ethyl adjacent to an activating group) is 1. The molecule has 0 spiro atoms. The van der Waals surface area contributed by atoms with E-state index in [1.165, 1.54) is 0 Å². The predicted octanol–water partition coefficient (Wildman–Crippen LogP) is 1.97. The Labute approximate surface area is 145 Å². The summed E-state index contributed by atoms with van der Waals surface area (Å²) in [5, 5.41) is 7.43. The topological polar surface area (TPSA) is 80.5 Å². The van der Waals surface area contributed by atoms with Gasteiger partial charge >= 0.3 is 0 Å². The van der Waals surface area contributed by atoms with E-state index in [9.17, 15) is 4.79 Å². The first-order valence-electron chi connectivity index (χ1n) is 7.61. The molecular weight excluding hydrogens is 332 g/mol. The summed E-state index contributed by atoms with van der Waals surface area (Å²) in [4.78, 5) is 17.9. The summed E-state index contributed by atoms with van der Waals surface area (Å²) in [5.74, 6) is 0.903. The van der Waals surface area contributed by atoms with Crippen LogP contribution in [0.2, 0.25) is 5.02 Å². The first-order chi connectivity index (χ1) is 11.6. The molecule has 0 aliphatic carbocycles. The lowest BCUT2D eigenvalue weighted by molar-refractivity contribution is -0.122. The van der Waals surface area contributed by atoms with Crippen LogP contribution in [0, 0.1) is 0 Å². The molecule has 1 heterocycles. The van der Waals surface area contributed by atoms with Crippen LogP contribution in [0.5, 0.6) is 0 Å². The summed E-state index contributed by atoms with van der Waals surface area (Å²) in [6.07, 6.45) is 0.792. The maximum atomic E-state index is 11.8. The van der Waals surface area contributed by atoms with Gasteiger partial charge in [-0.2, -0.15) is 4.98 Å². The maximum absolute atomic E-state index is 11.8. The van der Waals surface area contributed by atoms with Crippen molar-refractivity contribution in [2.24, 2.45) is 0 Å². The van der Waals surface area contributed by atoms with E-state index >= 15 is 0 Å². The fourth-order valence-corrected chi connectivity index (χ4v) is 2.19. The zero-order valence-corrected chi connectivity index (χ0v) is 14.5. The van der Waals surface area contributed by atoms with Crippen molar-refractivity contribution in [3.63, 3.8) is 0 Å². The van der Waals surface area contributed by atoms with Gasteiger partial charge in [0.05, 0.1) is 13.1 Å². The Balaban J connectivity index is 1.81. The highest BCUT2D eigenvalue weighted by molar-refractivity contribution is 6.30. The Hall–Kier alpha value is -1.96. The lowest BCUT2D eigenvalue weighted by Crippen LogP contribution is -2.35. The van der Waals surface area contributed by atoms with E-state index in [1.54, 1.807) is 19.2 Å². The number of hydrogen-bond donors (Lipinski definition) is 1. The van der Waals surface area contributed by atoms with Crippen molar-refractivity contribution in [3.05, 3.63) is 35.2 Å². The van der Waals surface area contributed by atoms with Gasteiger partial charge in [0.15, 0.2) is 0 Å². The van der Waals surface area contributed by atoms with Gasteiger partial charge in [-0.1, -0.05) is 16.8 Å². The molecule has 2 rings (SSSR count). The summed E-state index contributed by atoms with van der Waals surface area (Å²) in [5.41, 5.74) is 0.827. The highest BCUT2D eigenvalue weighted by atomic mass is 35.5. The van der Waals surface area contributed by atoms with Crippen LogP contribution >= 0.6 is 11.6 Å². The van der Waals surface area contributed by atoms with Crippen molar-refractivity contribution < 1.29 is 14.1 Å². The van der Waals surface area contributed by atoms with E-state index < -0.39 is 0 Å². The molecule has 2 aromatic rings. The second-order valence-electron chi connectivity index (χ2n) is 5.39. The molecule has 8 heteroatoms. The molecule has 0 saturated carbocycles. The van der Waals surface area contributed by atoms with Gasteiger partial charge in [-0.25, -0.2) is 0 Å². The van der Waals surface area contributed by atoms with Crippen LogP contribution in [-0.4, -0.2) is 54.8 Å². The van der Waals surface area contributed by atoms with Crippen molar-refractivity contribution in [3.8, 4) is 11.4 Å². The number of methoxy groups -OCH3 is 1. The molecule has 0 radical (unpaired) electrons. The average Bonchev–Trinajstić information content (AvgIpc) is 3.00. The molecule has 0 fully saturated rings. The lowest BCUT2D eigenvalue weighted by atomic mass is 10.2. The molecule has 24 heavy (non-hydrogen) atoms. The van der Waals surface area contributed by atoms with Gasteiger partial charge < -0.3 is 14.6 Å². The van der Waals surface area contributed by atoms with Gasteiger partial charge in [-0.15, -0.1) is 0 Å². The maximum Gasteiger partial charge on any atom is 0.241 e. The Morgan fingerprint density at radius 2 is 2.12 bits per heavy atom. The fourth-order valence-electron chi connectivity index (χ4n) is 2.07. The third-order valence-corrected chi connectivity index (χ3v) is 3.49. The van der Waals surface area contributed by atoms with Crippen LogP contribution in [-0.2, 0) is 16.1 Å². The number of carbonyl (C=O) groups excluding carboxylic acids is 1. The lowest BCUT2D eigenvalue weighted by Gasteiger charge is -2.13. The minimum absolute atomic E-state index is 0.0500. The molecule has 7 nitrogen and oxygen atoms in total. The first-order valence-corrected chi connectivity index (χ1v) is 7.99. The fraction of sp³-hybridized carbons (Fsp3) is 0.438. The highest BCUT2D eigenvalue weighted by Gasteiger charge is 2.13. The molecule has 1 N–H and O–H groups in total. The number of amides is 1. The monoisotopic (exact) mass is 352 g/mol. The van der Waals surface area contributed by atoms with E-state index in [4.69, 9.17) is 20.9 Å². The smallest absolute Gasteiger partial charge is 0.241 e. The molecule has 0 saturated heterocycles. The van der Waals surface area contributed by atoms with Crippen molar-refractivity contribution in [2.45, 2.75) is 13.0 Å².